The Bertz CT molecular complexity index is 1100. The molecule has 0 aliphatic carbocycles. The number of hydrogen-bond acceptors (Lipinski definition) is 8. The number of piperazine rings is 1. The molecule has 33 heavy (non-hydrogen) atoms. The number of nitrogen functional groups attached to an aromatic ring is 1. The van der Waals surface area contributed by atoms with Crippen molar-refractivity contribution in [1.82, 2.24) is 24.8 Å². The Hall–Kier alpha value is -3.72. The lowest BCUT2D eigenvalue weighted by atomic mass is 10.1. The summed E-state index contributed by atoms with van der Waals surface area (Å²) in [5.41, 5.74) is 8.92. The lowest BCUT2D eigenvalue weighted by Gasteiger charge is -2.34. The van der Waals surface area contributed by atoms with Gasteiger partial charge in [0.1, 0.15) is 11.6 Å². The van der Waals surface area contributed by atoms with Crippen molar-refractivity contribution in [3.8, 4) is 5.75 Å². The van der Waals surface area contributed by atoms with Gasteiger partial charge in [-0.25, -0.2) is 0 Å². The summed E-state index contributed by atoms with van der Waals surface area (Å²) in [5, 5.41) is 3.15. The highest BCUT2D eigenvalue weighted by molar-refractivity contribution is 5.78. The molecule has 0 spiro atoms. The fraction of sp³-hybridized carbons (Fsp3) is 0.333. The van der Waals surface area contributed by atoms with Crippen LogP contribution in [0.4, 0.5) is 17.6 Å². The van der Waals surface area contributed by atoms with Crippen LogP contribution in [0.25, 0.3) is 0 Å². The molecule has 2 aromatic carbocycles. The molecule has 0 unspecified atom stereocenters. The molecule has 0 bridgehead atoms. The molecular weight excluding hydrogens is 418 g/mol. The van der Waals surface area contributed by atoms with Gasteiger partial charge in [0.2, 0.25) is 17.8 Å². The molecule has 3 N–H and O–H groups in total. The lowest BCUT2D eigenvalue weighted by molar-refractivity contribution is -0.132. The molecule has 2 heterocycles. The number of aryl methyl sites for hydroxylation is 1. The number of carbonyl (C=O) groups is 1. The highest BCUT2D eigenvalue weighted by Gasteiger charge is 2.22. The van der Waals surface area contributed by atoms with Crippen LogP contribution in [0.1, 0.15) is 17.0 Å². The third kappa shape index (κ3) is 5.95. The maximum atomic E-state index is 12.7. The number of hydrogen-bond donors (Lipinski definition) is 2. The Kier molecular flexibility index (Phi) is 6.99. The number of amides is 1. The van der Waals surface area contributed by atoms with Crippen molar-refractivity contribution < 1.29 is 9.53 Å². The molecule has 3 aromatic rings. The molecule has 1 aliphatic rings. The zero-order valence-corrected chi connectivity index (χ0v) is 19.0. The summed E-state index contributed by atoms with van der Waals surface area (Å²) in [6.45, 7) is 5.44. The number of carbonyl (C=O) groups excluding carboxylic acids is 1. The molecule has 1 fully saturated rings. The van der Waals surface area contributed by atoms with Crippen molar-refractivity contribution in [3.63, 3.8) is 0 Å². The molecule has 1 aromatic heterocycles. The highest BCUT2D eigenvalue weighted by atomic mass is 16.5. The van der Waals surface area contributed by atoms with Gasteiger partial charge in [0, 0.05) is 26.2 Å². The van der Waals surface area contributed by atoms with Gasteiger partial charge >= 0.3 is 0 Å². The van der Waals surface area contributed by atoms with Crippen molar-refractivity contribution in [1.29, 1.82) is 0 Å². The minimum atomic E-state index is 0.157. The molecular formula is C24H29N7O2. The van der Waals surface area contributed by atoms with E-state index in [0.717, 1.165) is 24.3 Å². The van der Waals surface area contributed by atoms with Gasteiger partial charge in [-0.3, -0.25) is 9.69 Å². The largest absolute Gasteiger partial charge is 0.495 e. The first-order valence-corrected chi connectivity index (χ1v) is 11.0. The summed E-state index contributed by atoms with van der Waals surface area (Å²) in [5.74, 6) is 1.95. The number of nitrogens with one attached hydrogen (secondary N) is 1. The van der Waals surface area contributed by atoms with Gasteiger partial charge in [-0.2, -0.15) is 15.0 Å². The average Bonchev–Trinajstić information content (AvgIpc) is 2.81. The van der Waals surface area contributed by atoms with Gasteiger partial charge in [-0.1, -0.05) is 42.0 Å². The van der Waals surface area contributed by atoms with Crippen LogP contribution in [0, 0.1) is 6.92 Å². The molecule has 0 radical (unpaired) electrons. The highest BCUT2D eigenvalue weighted by Crippen LogP contribution is 2.25. The van der Waals surface area contributed by atoms with Crippen molar-refractivity contribution in [3.05, 3.63) is 65.5 Å². The second-order valence-corrected chi connectivity index (χ2v) is 8.08. The second kappa shape index (κ2) is 10.3. The number of ether oxygens (including phenoxy) is 1. The van der Waals surface area contributed by atoms with Crippen molar-refractivity contribution >= 4 is 23.5 Å². The fourth-order valence-electron chi connectivity index (χ4n) is 3.78. The minimum Gasteiger partial charge on any atom is -0.495 e. The number of methoxy groups -OCH3 is 1. The average molecular weight is 448 g/mol. The van der Waals surface area contributed by atoms with E-state index in [1.807, 2.05) is 60.4 Å². The van der Waals surface area contributed by atoms with Crippen molar-refractivity contribution in [2.75, 3.05) is 44.3 Å². The second-order valence-electron chi connectivity index (χ2n) is 8.08. The van der Waals surface area contributed by atoms with Crippen LogP contribution in [0.2, 0.25) is 0 Å². The summed E-state index contributed by atoms with van der Waals surface area (Å²) < 4.78 is 5.37. The molecule has 4 rings (SSSR count). The van der Waals surface area contributed by atoms with E-state index >= 15 is 0 Å². The summed E-state index contributed by atoms with van der Waals surface area (Å²) >= 11 is 0. The molecule has 1 amide bonds. The number of rotatable bonds is 7. The van der Waals surface area contributed by atoms with Crippen LogP contribution < -0.4 is 15.8 Å². The lowest BCUT2D eigenvalue weighted by Crippen LogP contribution is -2.48. The molecule has 1 aliphatic heterocycles. The molecule has 1 saturated heterocycles. The summed E-state index contributed by atoms with van der Waals surface area (Å²) in [4.78, 5) is 29.8. The predicted molar refractivity (Wildman–Crippen MR) is 127 cm³/mol. The molecule has 9 nitrogen and oxygen atoms in total. The van der Waals surface area contributed by atoms with Gasteiger partial charge in [0.25, 0.3) is 0 Å². The van der Waals surface area contributed by atoms with Crippen molar-refractivity contribution in [2.45, 2.75) is 19.9 Å². The van der Waals surface area contributed by atoms with E-state index in [4.69, 9.17) is 10.5 Å². The Balaban J connectivity index is 1.33. The van der Waals surface area contributed by atoms with E-state index in [1.54, 1.807) is 7.11 Å². The van der Waals surface area contributed by atoms with E-state index in [9.17, 15) is 4.79 Å². The Morgan fingerprint density at radius 2 is 1.76 bits per heavy atom. The standard InChI is InChI=1S/C24H29N7O2/c1-17-7-9-18(10-8-17)15-22(32)31-13-11-30(12-14-31)16-21-27-23(25)29-24(28-21)26-19-5-3-4-6-20(19)33-2/h3-10H,11-16H2,1-2H3,(H3,25,26,27,28,29). The van der Waals surface area contributed by atoms with E-state index in [0.29, 0.717) is 43.6 Å². The van der Waals surface area contributed by atoms with Crippen LogP contribution in [0.15, 0.2) is 48.5 Å². The first kappa shape index (κ1) is 22.5. The quantitative estimate of drug-likeness (QED) is 0.568. The normalized spacial score (nSPS) is 14.2. The minimum absolute atomic E-state index is 0.157. The maximum absolute atomic E-state index is 12.7. The van der Waals surface area contributed by atoms with E-state index in [2.05, 4.69) is 25.2 Å². The number of anilines is 3. The van der Waals surface area contributed by atoms with Crippen molar-refractivity contribution in [2.24, 2.45) is 0 Å². The van der Waals surface area contributed by atoms with E-state index in [-0.39, 0.29) is 11.9 Å². The van der Waals surface area contributed by atoms with E-state index < -0.39 is 0 Å². The third-order valence-electron chi connectivity index (χ3n) is 5.62. The molecule has 9 heteroatoms. The first-order chi connectivity index (χ1) is 16.0. The predicted octanol–water partition coefficient (Wildman–Crippen LogP) is 2.40. The third-order valence-corrected chi connectivity index (χ3v) is 5.62. The van der Waals surface area contributed by atoms with Gasteiger partial charge in [0.15, 0.2) is 0 Å². The summed E-state index contributed by atoms with van der Waals surface area (Å²) in [6.07, 6.45) is 0.433. The Morgan fingerprint density at radius 3 is 2.48 bits per heavy atom. The molecule has 0 atom stereocenters. The summed E-state index contributed by atoms with van der Waals surface area (Å²) in [7, 11) is 1.61. The maximum Gasteiger partial charge on any atom is 0.232 e. The number of nitrogens with two attached hydrogens (primary N) is 1. The monoisotopic (exact) mass is 447 g/mol. The number of nitrogens with zero attached hydrogens (tertiary/aromatic N) is 5. The zero-order chi connectivity index (χ0) is 23.2. The first-order valence-electron chi connectivity index (χ1n) is 11.0. The molecule has 172 valence electrons. The topological polar surface area (TPSA) is 109 Å². The number of aromatic nitrogens is 3. The van der Waals surface area contributed by atoms with Crippen LogP contribution >= 0.6 is 0 Å². The number of para-hydroxylation sites is 2. The van der Waals surface area contributed by atoms with Crippen LogP contribution in [-0.2, 0) is 17.8 Å². The van der Waals surface area contributed by atoms with Gasteiger partial charge < -0.3 is 20.7 Å². The Labute approximate surface area is 193 Å². The molecule has 0 saturated carbocycles. The van der Waals surface area contributed by atoms with E-state index in [1.165, 1.54) is 5.56 Å². The van der Waals surface area contributed by atoms with Gasteiger partial charge in [-0.05, 0) is 24.6 Å². The van der Waals surface area contributed by atoms with Crippen LogP contribution in [0.5, 0.6) is 5.75 Å². The SMILES string of the molecule is COc1ccccc1Nc1nc(N)nc(CN2CCN(C(=O)Cc3ccc(C)cc3)CC2)n1. The van der Waals surface area contributed by atoms with Crippen LogP contribution in [-0.4, -0.2) is 63.9 Å². The van der Waals surface area contributed by atoms with Gasteiger partial charge in [0.05, 0.1) is 25.8 Å². The van der Waals surface area contributed by atoms with Gasteiger partial charge in [-0.15, -0.1) is 0 Å². The fourth-order valence-corrected chi connectivity index (χ4v) is 3.78. The Morgan fingerprint density at radius 1 is 1.03 bits per heavy atom. The summed E-state index contributed by atoms with van der Waals surface area (Å²) in [6, 6.07) is 15.6. The smallest absolute Gasteiger partial charge is 0.232 e. The number of benzene rings is 2. The van der Waals surface area contributed by atoms with Crippen LogP contribution in [0.3, 0.4) is 0 Å². The zero-order valence-electron chi connectivity index (χ0n) is 19.0.